The number of fused-ring (bicyclic) bond motifs is 1. The summed E-state index contributed by atoms with van der Waals surface area (Å²) in [5.74, 6) is -0.605. The van der Waals surface area contributed by atoms with Crippen molar-refractivity contribution in [3.63, 3.8) is 0 Å². The molecule has 1 aromatic heterocycles. The van der Waals surface area contributed by atoms with Crippen LogP contribution in [-0.4, -0.2) is 43.9 Å². The lowest BCUT2D eigenvalue weighted by Crippen LogP contribution is -2.31. The normalized spacial score (nSPS) is 20.8. The number of imidazole rings is 1. The summed E-state index contributed by atoms with van der Waals surface area (Å²) < 4.78 is 7.73. The number of benzene rings is 2. The van der Waals surface area contributed by atoms with E-state index in [1.54, 1.807) is 23.5 Å². The molecule has 1 fully saturated rings. The smallest absolute Gasteiger partial charge is 0.295 e. The van der Waals surface area contributed by atoms with Crippen molar-refractivity contribution in [3.8, 4) is 5.75 Å². The Morgan fingerprint density at radius 1 is 1.11 bits per heavy atom. The number of carbonyl (C=O) groups excluding carboxylic acids is 2. The molecule has 7 heteroatoms. The molecule has 7 nitrogen and oxygen atoms in total. The second-order valence-corrected chi connectivity index (χ2v) is 11.0. The van der Waals surface area contributed by atoms with Crippen molar-refractivity contribution in [3.05, 3.63) is 89.0 Å². The van der Waals surface area contributed by atoms with E-state index in [2.05, 4.69) is 25.8 Å². The Labute approximate surface area is 217 Å². The number of ether oxygens (including phenoxy) is 1. The summed E-state index contributed by atoms with van der Waals surface area (Å²) in [4.78, 5) is 32.3. The molecule has 2 aliphatic heterocycles. The van der Waals surface area contributed by atoms with Gasteiger partial charge in [-0.1, -0.05) is 45.0 Å². The number of aliphatic hydroxyl groups excluding tert-OH is 1. The zero-order valence-electron chi connectivity index (χ0n) is 21.8. The van der Waals surface area contributed by atoms with Gasteiger partial charge >= 0.3 is 0 Å². The molecule has 0 unspecified atom stereocenters. The third-order valence-corrected chi connectivity index (χ3v) is 7.18. The highest BCUT2D eigenvalue weighted by molar-refractivity contribution is 6.46. The first-order valence-corrected chi connectivity index (χ1v) is 12.8. The summed E-state index contributed by atoms with van der Waals surface area (Å²) in [6.45, 7) is 9.46. The van der Waals surface area contributed by atoms with E-state index in [-0.39, 0.29) is 22.9 Å². The first kappa shape index (κ1) is 24.8. The zero-order valence-corrected chi connectivity index (χ0v) is 21.8. The number of ketones is 1. The van der Waals surface area contributed by atoms with Crippen molar-refractivity contribution in [2.75, 3.05) is 6.54 Å². The zero-order chi connectivity index (χ0) is 26.3. The van der Waals surface area contributed by atoms with Crippen molar-refractivity contribution in [1.82, 2.24) is 14.5 Å². The number of hydrogen-bond donors (Lipinski definition) is 1. The summed E-state index contributed by atoms with van der Waals surface area (Å²) in [5, 5.41) is 11.4. The molecule has 37 heavy (non-hydrogen) atoms. The van der Waals surface area contributed by atoms with Gasteiger partial charge in [0.1, 0.15) is 17.6 Å². The molecule has 0 aliphatic carbocycles. The second kappa shape index (κ2) is 9.54. The van der Waals surface area contributed by atoms with Crippen LogP contribution in [0, 0.1) is 0 Å². The van der Waals surface area contributed by atoms with Crippen LogP contribution in [0.2, 0.25) is 0 Å². The number of aromatic nitrogens is 2. The molecule has 2 aliphatic rings. The number of nitrogens with zero attached hydrogens (tertiary/aromatic N) is 3. The maximum atomic E-state index is 13.4. The Kier molecular flexibility index (Phi) is 6.40. The molecule has 0 saturated carbocycles. The molecule has 2 atom stereocenters. The SMILES string of the molecule is C[C@H]1Cc2cc(C(O)=C3C(=O)C(=O)N(CCCn4ccnc4)[C@@H]3c3ccc(C(C)(C)C)cc3)ccc2O1. The average molecular weight is 500 g/mol. The van der Waals surface area contributed by atoms with Crippen LogP contribution in [0.3, 0.4) is 0 Å². The number of aliphatic hydroxyl groups is 1. The molecule has 3 heterocycles. The van der Waals surface area contributed by atoms with Gasteiger partial charge in [-0.25, -0.2) is 4.98 Å². The summed E-state index contributed by atoms with van der Waals surface area (Å²) in [6.07, 6.45) is 6.76. The predicted molar refractivity (Wildman–Crippen MR) is 141 cm³/mol. The number of carbonyl (C=O) groups is 2. The van der Waals surface area contributed by atoms with Crippen LogP contribution in [0.1, 0.15) is 62.4 Å². The first-order valence-electron chi connectivity index (χ1n) is 12.8. The average Bonchev–Trinajstić information content (AvgIpc) is 3.57. The van der Waals surface area contributed by atoms with Gasteiger partial charge in [-0.15, -0.1) is 0 Å². The highest BCUT2D eigenvalue weighted by Crippen LogP contribution is 2.41. The highest BCUT2D eigenvalue weighted by atomic mass is 16.5. The van der Waals surface area contributed by atoms with Gasteiger partial charge in [0.25, 0.3) is 11.7 Å². The second-order valence-electron chi connectivity index (χ2n) is 11.0. The van der Waals surface area contributed by atoms with E-state index in [4.69, 9.17) is 4.74 Å². The molecule has 1 N–H and O–H groups in total. The molecule has 192 valence electrons. The Morgan fingerprint density at radius 2 is 1.86 bits per heavy atom. The van der Waals surface area contributed by atoms with E-state index in [0.29, 0.717) is 25.1 Å². The fourth-order valence-electron chi connectivity index (χ4n) is 5.19. The molecule has 0 radical (unpaired) electrons. The summed E-state index contributed by atoms with van der Waals surface area (Å²) >= 11 is 0. The molecule has 5 rings (SSSR count). The predicted octanol–water partition coefficient (Wildman–Crippen LogP) is 5.02. The van der Waals surface area contributed by atoms with Crippen molar-refractivity contribution < 1.29 is 19.4 Å². The van der Waals surface area contributed by atoms with Gasteiger partial charge in [-0.2, -0.15) is 0 Å². The number of Topliss-reactive ketones (excluding diaryl/α,β-unsaturated/α-hetero) is 1. The number of rotatable bonds is 6. The van der Waals surface area contributed by atoms with E-state index >= 15 is 0 Å². The number of aryl methyl sites for hydroxylation is 1. The van der Waals surface area contributed by atoms with Gasteiger partial charge in [-0.3, -0.25) is 9.59 Å². The maximum absolute atomic E-state index is 13.4. The van der Waals surface area contributed by atoms with Crippen LogP contribution < -0.4 is 4.74 Å². The van der Waals surface area contributed by atoms with Gasteiger partial charge < -0.3 is 19.3 Å². The summed E-state index contributed by atoms with van der Waals surface area (Å²) in [7, 11) is 0. The molecular formula is C30H33N3O4. The first-order chi connectivity index (χ1) is 17.6. The van der Waals surface area contributed by atoms with Crippen LogP contribution in [0.5, 0.6) is 5.75 Å². The third-order valence-electron chi connectivity index (χ3n) is 7.18. The lowest BCUT2D eigenvalue weighted by atomic mass is 9.85. The van der Waals surface area contributed by atoms with Gasteiger partial charge in [-0.05, 0) is 53.6 Å². The molecule has 2 aromatic carbocycles. The molecule has 3 aromatic rings. The minimum atomic E-state index is -0.666. The fourth-order valence-corrected chi connectivity index (χ4v) is 5.19. The molecular weight excluding hydrogens is 466 g/mol. The summed E-state index contributed by atoms with van der Waals surface area (Å²) in [5.41, 5.74) is 3.55. The van der Waals surface area contributed by atoms with E-state index in [9.17, 15) is 14.7 Å². The minimum Gasteiger partial charge on any atom is -0.507 e. The van der Waals surface area contributed by atoms with Gasteiger partial charge in [0.2, 0.25) is 0 Å². The monoisotopic (exact) mass is 499 g/mol. The highest BCUT2D eigenvalue weighted by Gasteiger charge is 2.46. The number of amides is 1. The number of likely N-dealkylation sites (tertiary alicyclic amines) is 1. The quantitative estimate of drug-likeness (QED) is 0.293. The Morgan fingerprint density at radius 3 is 2.54 bits per heavy atom. The van der Waals surface area contributed by atoms with E-state index in [1.165, 1.54) is 0 Å². The summed E-state index contributed by atoms with van der Waals surface area (Å²) in [6, 6.07) is 12.8. The fraction of sp³-hybridized carbons (Fsp3) is 0.367. The van der Waals surface area contributed by atoms with Gasteiger partial charge in [0.15, 0.2) is 0 Å². The Balaban J connectivity index is 1.54. The topological polar surface area (TPSA) is 84.7 Å². The third kappa shape index (κ3) is 4.78. The van der Waals surface area contributed by atoms with Gasteiger partial charge in [0, 0.05) is 37.5 Å². The Hall–Kier alpha value is -3.87. The van der Waals surface area contributed by atoms with Crippen LogP contribution >= 0.6 is 0 Å². The molecule has 0 spiro atoms. The lowest BCUT2D eigenvalue weighted by molar-refractivity contribution is -0.139. The van der Waals surface area contributed by atoms with Crippen LogP contribution in [0.4, 0.5) is 0 Å². The van der Waals surface area contributed by atoms with Crippen LogP contribution in [0.25, 0.3) is 5.76 Å². The van der Waals surface area contributed by atoms with Crippen molar-refractivity contribution >= 4 is 17.4 Å². The standard InChI is InChI=1S/C30H33N3O4/c1-19-16-22-17-21(8-11-24(22)37-19)27(34)25-26(20-6-9-23(10-7-20)30(2,3)4)33(29(36)28(25)35)14-5-13-32-15-12-31-18-32/h6-12,15,17-19,26,34H,5,13-14,16H2,1-4H3/t19-,26+/m0/s1. The van der Waals surface area contributed by atoms with E-state index in [0.717, 1.165) is 28.9 Å². The maximum Gasteiger partial charge on any atom is 0.295 e. The largest absolute Gasteiger partial charge is 0.507 e. The van der Waals surface area contributed by atoms with E-state index < -0.39 is 17.7 Å². The Bertz CT molecular complexity index is 1350. The van der Waals surface area contributed by atoms with Crippen LogP contribution in [0.15, 0.2) is 66.8 Å². The molecule has 1 amide bonds. The minimum absolute atomic E-state index is 0.0330. The van der Waals surface area contributed by atoms with Crippen molar-refractivity contribution in [2.45, 2.75) is 64.6 Å². The van der Waals surface area contributed by atoms with Crippen molar-refractivity contribution in [2.24, 2.45) is 0 Å². The molecule has 1 saturated heterocycles. The number of hydrogen-bond acceptors (Lipinski definition) is 5. The van der Waals surface area contributed by atoms with Gasteiger partial charge in [0.05, 0.1) is 17.9 Å². The van der Waals surface area contributed by atoms with E-state index in [1.807, 2.05) is 54.1 Å². The molecule has 0 bridgehead atoms. The van der Waals surface area contributed by atoms with Crippen LogP contribution in [-0.2, 0) is 28.0 Å². The lowest BCUT2D eigenvalue weighted by Gasteiger charge is -2.26. The van der Waals surface area contributed by atoms with Crippen molar-refractivity contribution in [1.29, 1.82) is 0 Å².